The molecule has 0 radical (unpaired) electrons. The second-order valence-corrected chi connectivity index (χ2v) is 8.78. The smallest absolute Gasteiger partial charge is 0.242 e. The normalized spacial score (nSPS) is 20.9. The van der Waals surface area contributed by atoms with Crippen LogP contribution in [0.2, 0.25) is 0 Å². The summed E-state index contributed by atoms with van der Waals surface area (Å²) in [5, 5.41) is 11.9. The lowest BCUT2D eigenvalue weighted by Gasteiger charge is -2.20. The van der Waals surface area contributed by atoms with Crippen molar-refractivity contribution in [2.75, 3.05) is 23.3 Å². The van der Waals surface area contributed by atoms with Crippen LogP contribution < -0.4 is 21.1 Å². The zero-order valence-corrected chi connectivity index (χ0v) is 18.7. The summed E-state index contributed by atoms with van der Waals surface area (Å²) in [7, 11) is 0. The average molecular weight is 443 g/mol. The molecular formula is C26H30N6O. The molecule has 2 saturated heterocycles. The highest BCUT2D eigenvalue weighted by Crippen LogP contribution is 2.24. The maximum Gasteiger partial charge on any atom is 0.242 e. The average Bonchev–Trinajstić information content (AvgIpc) is 3.21. The largest absolute Gasteiger partial charge is 0.355 e. The molecule has 3 heterocycles. The summed E-state index contributed by atoms with van der Waals surface area (Å²) >= 11 is 0. The number of rotatable bonds is 5. The Balaban J connectivity index is 1.18. The molecule has 1 aromatic heterocycles. The van der Waals surface area contributed by atoms with Crippen molar-refractivity contribution in [3.05, 3.63) is 72.3 Å². The van der Waals surface area contributed by atoms with Gasteiger partial charge in [-0.3, -0.25) is 4.79 Å². The number of anilines is 2. The zero-order chi connectivity index (χ0) is 22.5. The highest BCUT2D eigenvalue weighted by Gasteiger charge is 2.30. The third kappa shape index (κ3) is 5.21. The number of nitrogens with zero attached hydrogens (tertiary/aromatic N) is 3. The van der Waals surface area contributed by atoms with Crippen molar-refractivity contribution in [2.45, 2.75) is 44.2 Å². The van der Waals surface area contributed by atoms with Gasteiger partial charge in [0, 0.05) is 30.4 Å². The van der Waals surface area contributed by atoms with Crippen LogP contribution in [0.1, 0.15) is 43.7 Å². The number of hydrazine groups is 1. The Bertz CT molecular complexity index is 1050. The summed E-state index contributed by atoms with van der Waals surface area (Å²) in [4.78, 5) is 15.0. The van der Waals surface area contributed by atoms with Crippen LogP contribution in [0.5, 0.6) is 0 Å². The predicted octanol–water partition coefficient (Wildman–Crippen LogP) is 4.07. The van der Waals surface area contributed by atoms with Gasteiger partial charge in [0.2, 0.25) is 5.91 Å². The van der Waals surface area contributed by atoms with E-state index in [0.717, 1.165) is 35.9 Å². The number of hydrogen-bond acceptors (Lipinski definition) is 6. The van der Waals surface area contributed by atoms with Gasteiger partial charge in [-0.1, -0.05) is 55.3 Å². The molecule has 5 rings (SSSR count). The van der Waals surface area contributed by atoms with Crippen molar-refractivity contribution in [1.29, 1.82) is 0 Å². The second-order valence-electron chi connectivity index (χ2n) is 8.78. The van der Waals surface area contributed by atoms with E-state index in [1.807, 2.05) is 48.5 Å². The molecule has 3 aromatic rings. The van der Waals surface area contributed by atoms with Gasteiger partial charge in [0.25, 0.3) is 0 Å². The van der Waals surface area contributed by atoms with Crippen LogP contribution in [0.25, 0.3) is 11.3 Å². The number of carbonyl (C=O) groups excluding carboxylic acids is 1. The molecular weight excluding hydrogens is 412 g/mol. The summed E-state index contributed by atoms with van der Waals surface area (Å²) in [6.07, 6.45) is 5.73. The molecule has 2 aromatic carbocycles. The minimum atomic E-state index is -0.285. The molecule has 33 heavy (non-hydrogen) atoms. The lowest BCUT2D eigenvalue weighted by molar-refractivity contribution is -0.117. The quantitative estimate of drug-likeness (QED) is 0.553. The Morgan fingerprint density at radius 2 is 1.61 bits per heavy atom. The Morgan fingerprint density at radius 3 is 2.30 bits per heavy atom. The number of carbonyl (C=O) groups is 1. The standard InChI is InChI=1S/C26H30N6O/c33-26(24-18-23(29-30-24)19-8-4-3-5-9-19)27-21-12-10-20(11-13-21)22-14-15-25(31-28-22)32-16-6-1-2-7-17-32/h3-5,8-15,23-24,29-30H,1-2,6-7,16-18H2,(H,27,33). The summed E-state index contributed by atoms with van der Waals surface area (Å²) in [6.45, 7) is 2.11. The molecule has 0 aliphatic carbocycles. The third-order valence-corrected chi connectivity index (χ3v) is 6.45. The van der Waals surface area contributed by atoms with Gasteiger partial charge in [-0.15, -0.1) is 10.2 Å². The maximum absolute atomic E-state index is 12.7. The summed E-state index contributed by atoms with van der Waals surface area (Å²) in [5.74, 6) is 0.909. The first-order valence-corrected chi connectivity index (χ1v) is 11.8. The van der Waals surface area contributed by atoms with Gasteiger partial charge in [0.05, 0.1) is 5.69 Å². The fourth-order valence-corrected chi connectivity index (χ4v) is 4.53. The van der Waals surface area contributed by atoms with Gasteiger partial charge in [-0.25, -0.2) is 10.9 Å². The highest BCUT2D eigenvalue weighted by molar-refractivity contribution is 5.95. The van der Waals surface area contributed by atoms with Crippen LogP contribution in [0, 0.1) is 0 Å². The number of nitrogens with one attached hydrogen (secondary N) is 3. The van der Waals surface area contributed by atoms with Crippen molar-refractivity contribution in [3.63, 3.8) is 0 Å². The molecule has 2 fully saturated rings. The summed E-state index contributed by atoms with van der Waals surface area (Å²) < 4.78 is 0. The van der Waals surface area contributed by atoms with E-state index in [-0.39, 0.29) is 18.0 Å². The zero-order valence-electron chi connectivity index (χ0n) is 18.7. The number of amides is 1. The van der Waals surface area contributed by atoms with Gasteiger partial charge < -0.3 is 10.2 Å². The van der Waals surface area contributed by atoms with E-state index >= 15 is 0 Å². The van der Waals surface area contributed by atoms with E-state index in [4.69, 9.17) is 0 Å². The summed E-state index contributed by atoms with van der Waals surface area (Å²) in [6, 6.07) is 21.9. The maximum atomic E-state index is 12.7. The fourth-order valence-electron chi connectivity index (χ4n) is 4.53. The molecule has 2 atom stereocenters. The molecule has 0 spiro atoms. The van der Waals surface area contributed by atoms with E-state index in [9.17, 15) is 4.79 Å². The molecule has 2 aliphatic heterocycles. The molecule has 0 bridgehead atoms. The minimum absolute atomic E-state index is 0.0460. The van der Waals surface area contributed by atoms with Crippen molar-refractivity contribution in [2.24, 2.45) is 0 Å². The van der Waals surface area contributed by atoms with Crippen molar-refractivity contribution < 1.29 is 4.79 Å². The topological polar surface area (TPSA) is 82.2 Å². The predicted molar refractivity (Wildman–Crippen MR) is 131 cm³/mol. The molecule has 0 saturated carbocycles. The molecule has 7 heteroatoms. The van der Waals surface area contributed by atoms with E-state index in [2.05, 4.69) is 49.5 Å². The van der Waals surface area contributed by atoms with Crippen molar-refractivity contribution in [1.82, 2.24) is 21.0 Å². The van der Waals surface area contributed by atoms with Crippen LogP contribution in [-0.2, 0) is 4.79 Å². The Kier molecular flexibility index (Phi) is 6.60. The molecule has 2 unspecified atom stereocenters. The number of benzene rings is 2. The van der Waals surface area contributed by atoms with Gasteiger partial charge in [0.1, 0.15) is 6.04 Å². The van der Waals surface area contributed by atoms with E-state index in [0.29, 0.717) is 6.42 Å². The van der Waals surface area contributed by atoms with Crippen LogP contribution >= 0.6 is 0 Å². The molecule has 170 valence electrons. The van der Waals surface area contributed by atoms with Crippen LogP contribution in [-0.4, -0.2) is 35.2 Å². The monoisotopic (exact) mass is 442 g/mol. The highest BCUT2D eigenvalue weighted by atomic mass is 16.2. The van der Waals surface area contributed by atoms with Crippen LogP contribution in [0.4, 0.5) is 11.5 Å². The van der Waals surface area contributed by atoms with Crippen molar-refractivity contribution in [3.8, 4) is 11.3 Å². The minimum Gasteiger partial charge on any atom is -0.355 e. The lowest BCUT2D eigenvalue weighted by Crippen LogP contribution is -2.39. The Labute approximate surface area is 194 Å². The van der Waals surface area contributed by atoms with Crippen LogP contribution in [0.15, 0.2) is 66.7 Å². The Morgan fingerprint density at radius 1 is 0.848 bits per heavy atom. The molecule has 1 amide bonds. The SMILES string of the molecule is O=C(Nc1ccc(-c2ccc(N3CCCCCC3)nn2)cc1)C1CC(c2ccccc2)NN1. The summed E-state index contributed by atoms with van der Waals surface area (Å²) in [5.41, 5.74) is 10.1. The van der Waals surface area contributed by atoms with Crippen molar-refractivity contribution >= 4 is 17.4 Å². The van der Waals surface area contributed by atoms with Crippen LogP contribution in [0.3, 0.4) is 0 Å². The third-order valence-electron chi connectivity index (χ3n) is 6.45. The Hall–Kier alpha value is -3.29. The number of hydrogen-bond donors (Lipinski definition) is 3. The lowest BCUT2D eigenvalue weighted by atomic mass is 10.0. The van der Waals surface area contributed by atoms with E-state index < -0.39 is 0 Å². The van der Waals surface area contributed by atoms with Gasteiger partial charge in [-0.05, 0) is 49.1 Å². The molecule has 2 aliphatic rings. The first kappa shape index (κ1) is 21.6. The van der Waals surface area contributed by atoms with Gasteiger partial charge in [0.15, 0.2) is 5.82 Å². The second kappa shape index (κ2) is 10.1. The molecule has 3 N–H and O–H groups in total. The first-order chi connectivity index (χ1) is 16.3. The number of aromatic nitrogens is 2. The molecule has 7 nitrogen and oxygen atoms in total. The fraction of sp³-hybridized carbons (Fsp3) is 0.346. The van der Waals surface area contributed by atoms with E-state index in [1.54, 1.807) is 0 Å². The van der Waals surface area contributed by atoms with E-state index in [1.165, 1.54) is 31.2 Å². The first-order valence-electron chi connectivity index (χ1n) is 11.8. The van der Waals surface area contributed by atoms with Gasteiger partial charge in [-0.2, -0.15) is 0 Å². The van der Waals surface area contributed by atoms with Gasteiger partial charge >= 0.3 is 0 Å².